The Kier molecular flexibility index (Phi) is 14.1. The van der Waals surface area contributed by atoms with Crippen molar-refractivity contribution in [2.24, 2.45) is 0 Å². The van der Waals surface area contributed by atoms with E-state index in [0.29, 0.717) is 55.3 Å². The summed E-state index contributed by atoms with van der Waals surface area (Å²) in [4.78, 5) is 32.6. The van der Waals surface area contributed by atoms with E-state index in [0.717, 1.165) is 76.5 Å². The first-order valence-electron chi connectivity index (χ1n) is 19.2. The van der Waals surface area contributed by atoms with Gasteiger partial charge in [0.15, 0.2) is 11.4 Å². The second-order valence-electron chi connectivity index (χ2n) is 14.4. The summed E-state index contributed by atoms with van der Waals surface area (Å²) in [6, 6.07) is 7.87. The number of sulfonamides is 1. The largest absolute Gasteiger partial charge is 0.477 e. The summed E-state index contributed by atoms with van der Waals surface area (Å²) in [6.07, 6.45) is 5.79. The molecule has 6 rings (SSSR count). The molecule has 1 saturated carbocycles. The normalized spacial score (nSPS) is 18.2. The number of alkyl halides is 3. The minimum Gasteiger partial charge on any atom is -0.477 e. The average molecular weight is 834 g/mol. The number of halogens is 4. The fourth-order valence-electron chi connectivity index (χ4n) is 7.30. The maximum absolute atomic E-state index is 13.6. The summed E-state index contributed by atoms with van der Waals surface area (Å²) in [5.41, 5.74) is -1.26. The molecule has 0 spiro atoms. The molecule has 1 aliphatic carbocycles. The van der Waals surface area contributed by atoms with Gasteiger partial charge in [0.25, 0.3) is 5.91 Å². The van der Waals surface area contributed by atoms with Gasteiger partial charge in [-0.15, -0.1) is 0 Å². The summed E-state index contributed by atoms with van der Waals surface area (Å²) in [5.74, 6) is 1.13. The molecule has 0 unspecified atom stereocenters. The number of nitrogens with one attached hydrogen (secondary N) is 1. The highest BCUT2D eigenvalue weighted by atomic mass is 35.5. The van der Waals surface area contributed by atoms with Gasteiger partial charge in [-0.3, -0.25) is 14.7 Å². The van der Waals surface area contributed by atoms with Crippen LogP contribution in [-0.2, 0) is 25.7 Å². The van der Waals surface area contributed by atoms with E-state index in [9.17, 15) is 31.6 Å². The molecule has 0 atom stereocenters. The Morgan fingerprint density at radius 2 is 1.63 bits per heavy atom. The lowest BCUT2D eigenvalue weighted by Gasteiger charge is -2.36. The van der Waals surface area contributed by atoms with E-state index in [-0.39, 0.29) is 42.9 Å². The molecule has 3 fully saturated rings. The molecule has 2 saturated heterocycles. The summed E-state index contributed by atoms with van der Waals surface area (Å²) >= 11 is 6.22. The first kappa shape index (κ1) is 42.3. The molecule has 14 nitrogen and oxygen atoms in total. The van der Waals surface area contributed by atoms with E-state index in [1.54, 1.807) is 35.5 Å². The van der Waals surface area contributed by atoms with Crippen LogP contribution in [0.25, 0.3) is 0 Å². The predicted octanol–water partition coefficient (Wildman–Crippen LogP) is 5.21. The van der Waals surface area contributed by atoms with Gasteiger partial charge in [-0.05, 0) is 56.7 Å². The molecule has 308 valence electrons. The van der Waals surface area contributed by atoms with E-state index in [2.05, 4.69) is 30.1 Å². The van der Waals surface area contributed by atoms with Crippen molar-refractivity contribution < 1.29 is 35.9 Å². The lowest BCUT2D eigenvalue weighted by Crippen LogP contribution is -2.49. The third-order valence-electron chi connectivity index (χ3n) is 10.5. The summed E-state index contributed by atoms with van der Waals surface area (Å²) in [7, 11) is -3.51. The van der Waals surface area contributed by atoms with Crippen molar-refractivity contribution in [2.45, 2.75) is 56.7 Å². The number of hydrogen-bond donors (Lipinski definition) is 1. The molecule has 2 aliphatic heterocycles. The Balaban J connectivity index is 0.857. The standard InChI is InChI=1S/C38H47ClF3N9O5S/c39-33-23-32(7-6-29(33)24-43)56-37(8-2-1-3-9-37)36(52)47-34-27-46-35(28-45-34)50-13-11-48(12-14-50)10-4-19-55-20-5-21-57(53,54)51-17-15-49(16-18-51)31-22-30(25-44-26-31)38(40,41)42/h6-7,22-23,25-28H,1-5,8-21H2,(H,45,47,52). The highest BCUT2D eigenvalue weighted by molar-refractivity contribution is 7.89. The molecule has 0 bridgehead atoms. The van der Waals surface area contributed by atoms with Crippen LogP contribution in [0.3, 0.4) is 0 Å². The highest BCUT2D eigenvalue weighted by Gasteiger charge is 2.42. The number of carbonyl (C=O) groups is 1. The molecule has 3 aliphatic rings. The Bertz CT molecular complexity index is 1970. The molecule has 2 aromatic heterocycles. The molecule has 4 heterocycles. The predicted molar refractivity (Wildman–Crippen MR) is 209 cm³/mol. The van der Waals surface area contributed by atoms with Crippen molar-refractivity contribution in [2.75, 3.05) is 93.0 Å². The van der Waals surface area contributed by atoms with Crippen molar-refractivity contribution in [3.63, 3.8) is 0 Å². The Morgan fingerprint density at radius 1 is 0.912 bits per heavy atom. The van der Waals surface area contributed by atoms with Crippen molar-refractivity contribution in [1.82, 2.24) is 24.2 Å². The summed E-state index contributed by atoms with van der Waals surface area (Å²) in [5, 5.41) is 12.4. The van der Waals surface area contributed by atoms with E-state index in [1.807, 2.05) is 6.07 Å². The first-order valence-corrected chi connectivity index (χ1v) is 21.2. The minimum absolute atomic E-state index is 0.0544. The van der Waals surface area contributed by atoms with Crippen LogP contribution < -0.4 is 19.9 Å². The van der Waals surface area contributed by atoms with Crippen molar-refractivity contribution in [3.05, 3.63) is 65.2 Å². The zero-order chi connectivity index (χ0) is 40.5. The van der Waals surface area contributed by atoms with Gasteiger partial charge in [0.1, 0.15) is 17.6 Å². The number of ether oxygens (including phenoxy) is 2. The number of benzene rings is 1. The third-order valence-corrected chi connectivity index (χ3v) is 12.8. The van der Waals surface area contributed by atoms with Gasteiger partial charge in [-0.2, -0.15) is 22.7 Å². The quantitative estimate of drug-likeness (QED) is 0.200. The smallest absolute Gasteiger partial charge is 0.417 e. The van der Waals surface area contributed by atoms with Crippen LogP contribution in [0.5, 0.6) is 5.75 Å². The minimum atomic E-state index is -4.49. The van der Waals surface area contributed by atoms with Crippen LogP contribution in [0.15, 0.2) is 49.1 Å². The number of rotatable bonds is 15. The van der Waals surface area contributed by atoms with Crippen LogP contribution in [0.4, 0.5) is 30.5 Å². The number of carbonyl (C=O) groups excluding carboxylic acids is 1. The SMILES string of the molecule is N#Cc1ccc(OC2(C(=O)Nc3cnc(N4CCN(CCCOCCCS(=O)(=O)N5CCN(c6cncc(C(F)(F)F)c6)CC5)CC4)cn3)CCCCC2)cc1Cl. The van der Waals surface area contributed by atoms with Crippen LogP contribution in [0.2, 0.25) is 5.02 Å². The molecule has 1 N–H and O–H groups in total. The fourth-order valence-corrected chi connectivity index (χ4v) is 8.97. The number of anilines is 3. The number of hydrogen-bond acceptors (Lipinski definition) is 12. The second kappa shape index (κ2) is 19.0. The molecule has 19 heteroatoms. The number of aromatic nitrogens is 3. The van der Waals surface area contributed by atoms with Crippen molar-refractivity contribution in [1.29, 1.82) is 5.26 Å². The Labute approximate surface area is 336 Å². The zero-order valence-electron chi connectivity index (χ0n) is 31.6. The van der Waals surface area contributed by atoms with E-state index in [4.69, 9.17) is 21.1 Å². The van der Waals surface area contributed by atoms with Gasteiger partial charge in [0.2, 0.25) is 10.0 Å². The van der Waals surface area contributed by atoms with Gasteiger partial charge in [0, 0.05) is 84.4 Å². The van der Waals surface area contributed by atoms with Gasteiger partial charge >= 0.3 is 6.18 Å². The topological polar surface area (TPSA) is 157 Å². The van der Waals surface area contributed by atoms with Crippen LogP contribution in [0.1, 0.15) is 56.1 Å². The number of amides is 1. The van der Waals surface area contributed by atoms with Gasteiger partial charge in [-0.1, -0.05) is 18.0 Å². The summed E-state index contributed by atoms with van der Waals surface area (Å²) < 4.78 is 78.4. The highest BCUT2D eigenvalue weighted by Crippen LogP contribution is 2.36. The Morgan fingerprint density at radius 3 is 2.30 bits per heavy atom. The van der Waals surface area contributed by atoms with E-state index in [1.165, 1.54) is 10.5 Å². The maximum Gasteiger partial charge on any atom is 0.417 e. The zero-order valence-corrected chi connectivity index (χ0v) is 33.2. The van der Waals surface area contributed by atoms with Crippen molar-refractivity contribution >= 4 is 44.9 Å². The lowest BCUT2D eigenvalue weighted by atomic mass is 9.83. The van der Waals surface area contributed by atoms with Crippen LogP contribution >= 0.6 is 11.6 Å². The van der Waals surface area contributed by atoms with Gasteiger partial charge in [0.05, 0.1) is 46.2 Å². The van der Waals surface area contributed by atoms with Crippen LogP contribution in [0, 0.1) is 11.3 Å². The molecule has 57 heavy (non-hydrogen) atoms. The lowest BCUT2D eigenvalue weighted by molar-refractivity contribution is -0.137. The fraction of sp³-hybridized carbons (Fsp3) is 0.553. The molecule has 0 radical (unpaired) electrons. The van der Waals surface area contributed by atoms with Crippen LogP contribution in [-0.4, -0.2) is 122 Å². The molecule has 3 aromatic rings. The van der Waals surface area contributed by atoms with Crippen molar-refractivity contribution in [3.8, 4) is 11.8 Å². The van der Waals surface area contributed by atoms with E-state index >= 15 is 0 Å². The molecular weight excluding hydrogens is 787 g/mol. The van der Waals surface area contributed by atoms with Gasteiger partial charge < -0.3 is 24.6 Å². The number of nitrogens with zero attached hydrogens (tertiary/aromatic N) is 8. The molecule has 1 amide bonds. The maximum atomic E-state index is 13.6. The third kappa shape index (κ3) is 11.2. The average Bonchev–Trinajstić information content (AvgIpc) is 3.21. The second-order valence-corrected chi connectivity index (χ2v) is 16.9. The number of pyridine rings is 1. The summed E-state index contributed by atoms with van der Waals surface area (Å²) in [6.45, 7) is 5.79. The van der Waals surface area contributed by atoms with Gasteiger partial charge in [-0.25, -0.2) is 18.4 Å². The molecular formula is C38H47ClF3N9O5S. The first-order chi connectivity index (χ1) is 27.3. The molecule has 1 aromatic carbocycles. The monoisotopic (exact) mass is 833 g/mol. The Hall–Kier alpha value is -4.28. The number of piperazine rings is 2. The van der Waals surface area contributed by atoms with E-state index < -0.39 is 27.4 Å². The number of nitriles is 1.